The maximum Gasteiger partial charge on any atom is 0.311 e. The predicted octanol–water partition coefficient (Wildman–Crippen LogP) is 4.43. The Hall–Kier alpha value is -3.52. The van der Waals surface area contributed by atoms with Gasteiger partial charge < -0.3 is 10.1 Å². The SMILES string of the molecule is Cc1ccc(NC(=O)[C@H](OC(=O)Cc2ccsc2)c2ccccc2)c([N+](=O)[O-])c1. The molecule has 7 nitrogen and oxygen atoms in total. The Balaban J connectivity index is 1.83. The van der Waals surface area contributed by atoms with Crippen LogP contribution in [0.5, 0.6) is 0 Å². The molecule has 0 saturated heterocycles. The van der Waals surface area contributed by atoms with Gasteiger partial charge in [0.2, 0.25) is 6.10 Å². The second-order valence-electron chi connectivity index (χ2n) is 6.36. The fraction of sp³-hybridized carbons (Fsp3) is 0.143. The van der Waals surface area contributed by atoms with E-state index in [4.69, 9.17) is 4.74 Å². The fourth-order valence-corrected chi connectivity index (χ4v) is 3.40. The van der Waals surface area contributed by atoms with Crippen LogP contribution in [0.25, 0.3) is 0 Å². The lowest BCUT2D eigenvalue weighted by Gasteiger charge is -2.18. The number of carbonyl (C=O) groups excluding carboxylic acids is 2. The second kappa shape index (κ2) is 9.11. The third-order valence-corrected chi connectivity index (χ3v) is 4.86. The van der Waals surface area contributed by atoms with Gasteiger partial charge in [-0.25, -0.2) is 0 Å². The largest absolute Gasteiger partial charge is 0.447 e. The average molecular weight is 410 g/mol. The highest BCUT2D eigenvalue weighted by molar-refractivity contribution is 7.08. The number of rotatable bonds is 7. The fourth-order valence-electron chi connectivity index (χ4n) is 2.73. The summed E-state index contributed by atoms with van der Waals surface area (Å²) in [6, 6.07) is 14.8. The molecular weight excluding hydrogens is 392 g/mol. The maximum absolute atomic E-state index is 12.9. The molecule has 148 valence electrons. The summed E-state index contributed by atoms with van der Waals surface area (Å²) < 4.78 is 5.45. The van der Waals surface area contributed by atoms with Gasteiger partial charge in [0.05, 0.1) is 11.3 Å². The van der Waals surface area contributed by atoms with Crippen LogP contribution in [0.4, 0.5) is 11.4 Å². The molecular formula is C21H18N2O5S. The van der Waals surface area contributed by atoms with Crippen molar-refractivity contribution in [3.8, 4) is 0 Å². The van der Waals surface area contributed by atoms with Gasteiger partial charge in [0.25, 0.3) is 11.6 Å². The molecule has 0 saturated carbocycles. The lowest BCUT2D eigenvalue weighted by atomic mass is 10.1. The van der Waals surface area contributed by atoms with Crippen LogP contribution in [-0.2, 0) is 20.7 Å². The number of nitro benzene ring substituents is 1. The summed E-state index contributed by atoms with van der Waals surface area (Å²) in [7, 11) is 0. The smallest absolute Gasteiger partial charge is 0.311 e. The monoisotopic (exact) mass is 410 g/mol. The number of carbonyl (C=O) groups is 2. The van der Waals surface area contributed by atoms with Crippen LogP contribution in [0.15, 0.2) is 65.4 Å². The lowest BCUT2D eigenvalue weighted by molar-refractivity contribution is -0.384. The van der Waals surface area contributed by atoms with Crippen molar-refractivity contribution in [2.75, 3.05) is 5.32 Å². The van der Waals surface area contributed by atoms with Crippen LogP contribution in [0.2, 0.25) is 0 Å². The maximum atomic E-state index is 12.9. The minimum atomic E-state index is -1.23. The Kier molecular flexibility index (Phi) is 6.36. The number of amides is 1. The molecule has 0 bridgehead atoms. The first-order chi connectivity index (χ1) is 13.9. The number of aryl methyl sites for hydroxylation is 1. The van der Waals surface area contributed by atoms with Crippen molar-refractivity contribution in [1.82, 2.24) is 0 Å². The number of nitrogens with one attached hydrogen (secondary N) is 1. The van der Waals surface area contributed by atoms with Gasteiger partial charge >= 0.3 is 5.97 Å². The quantitative estimate of drug-likeness (QED) is 0.353. The number of hydrogen-bond acceptors (Lipinski definition) is 6. The summed E-state index contributed by atoms with van der Waals surface area (Å²) in [5.41, 5.74) is 1.77. The standard InChI is InChI=1S/C21H18N2O5S/c1-14-7-8-17(18(11-14)23(26)27)22-21(25)20(16-5-3-2-4-6-16)28-19(24)12-15-9-10-29-13-15/h2-11,13,20H,12H2,1H3,(H,22,25)/t20-/m1/s1. The summed E-state index contributed by atoms with van der Waals surface area (Å²) in [6.45, 7) is 1.72. The predicted molar refractivity (Wildman–Crippen MR) is 110 cm³/mol. The minimum Gasteiger partial charge on any atom is -0.447 e. The summed E-state index contributed by atoms with van der Waals surface area (Å²) in [5, 5.41) is 17.5. The molecule has 0 spiro atoms. The van der Waals surface area contributed by atoms with Gasteiger partial charge in [0.15, 0.2) is 0 Å². The lowest BCUT2D eigenvalue weighted by Crippen LogP contribution is -2.26. The Morgan fingerprint density at radius 3 is 2.59 bits per heavy atom. The van der Waals surface area contributed by atoms with Gasteiger partial charge in [0, 0.05) is 11.6 Å². The zero-order valence-corrected chi connectivity index (χ0v) is 16.3. The summed E-state index contributed by atoms with van der Waals surface area (Å²) >= 11 is 1.46. The number of ether oxygens (including phenoxy) is 1. The van der Waals surface area contributed by atoms with Crippen LogP contribution >= 0.6 is 11.3 Å². The highest BCUT2D eigenvalue weighted by Gasteiger charge is 2.27. The Morgan fingerprint density at radius 2 is 1.93 bits per heavy atom. The van der Waals surface area contributed by atoms with Crippen molar-refractivity contribution in [2.45, 2.75) is 19.4 Å². The average Bonchev–Trinajstić information content (AvgIpc) is 3.21. The van der Waals surface area contributed by atoms with E-state index in [1.165, 1.54) is 23.5 Å². The van der Waals surface area contributed by atoms with Crippen LogP contribution in [-0.4, -0.2) is 16.8 Å². The third-order valence-electron chi connectivity index (χ3n) is 4.13. The summed E-state index contributed by atoms with van der Waals surface area (Å²) in [4.78, 5) is 36.0. The van der Waals surface area contributed by atoms with E-state index in [2.05, 4.69) is 5.32 Å². The van der Waals surface area contributed by atoms with Gasteiger partial charge in [-0.1, -0.05) is 36.4 Å². The molecule has 8 heteroatoms. The summed E-state index contributed by atoms with van der Waals surface area (Å²) in [5.74, 6) is -1.23. The van der Waals surface area contributed by atoms with E-state index in [1.54, 1.807) is 49.4 Å². The molecule has 1 heterocycles. The molecule has 0 unspecified atom stereocenters. The molecule has 1 atom stereocenters. The number of nitro groups is 1. The first-order valence-corrected chi connectivity index (χ1v) is 9.69. The number of anilines is 1. The molecule has 0 fully saturated rings. The van der Waals surface area contributed by atoms with Crippen molar-refractivity contribution < 1.29 is 19.2 Å². The Morgan fingerprint density at radius 1 is 1.17 bits per heavy atom. The molecule has 3 rings (SSSR count). The number of nitrogens with zero attached hydrogens (tertiary/aromatic N) is 1. The zero-order valence-electron chi connectivity index (χ0n) is 15.5. The number of esters is 1. The first-order valence-electron chi connectivity index (χ1n) is 8.75. The number of benzene rings is 2. The third kappa shape index (κ3) is 5.26. The van der Waals surface area contributed by atoms with Crippen molar-refractivity contribution in [2.24, 2.45) is 0 Å². The van der Waals surface area contributed by atoms with Crippen LogP contribution in [0.3, 0.4) is 0 Å². The normalized spacial score (nSPS) is 11.5. The topological polar surface area (TPSA) is 98.5 Å². The van der Waals surface area contributed by atoms with Gasteiger partial charge in [-0.2, -0.15) is 11.3 Å². The van der Waals surface area contributed by atoms with E-state index in [0.29, 0.717) is 11.1 Å². The van der Waals surface area contributed by atoms with E-state index in [0.717, 1.165) is 5.56 Å². The van der Waals surface area contributed by atoms with Crippen LogP contribution in [0.1, 0.15) is 22.8 Å². The van der Waals surface area contributed by atoms with E-state index < -0.39 is 22.9 Å². The molecule has 1 aromatic heterocycles. The minimum absolute atomic E-state index is 0.0325. The number of thiophene rings is 1. The van der Waals surface area contributed by atoms with Crippen LogP contribution < -0.4 is 5.32 Å². The molecule has 3 aromatic rings. The van der Waals surface area contributed by atoms with Gasteiger partial charge in [-0.3, -0.25) is 19.7 Å². The zero-order chi connectivity index (χ0) is 20.8. The first kappa shape index (κ1) is 20.2. The van der Waals surface area contributed by atoms with E-state index in [1.807, 2.05) is 10.8 Å². The van der Waals surface area contributed by atoms with E-state index in [-0.39, 0.29) is 17.8 Å². The van der Waals surface area contributed by atoms with Crippen molar-refractivity contribution in [3.63, 3.8) is 0 Å². The van der Waals surface area contributed by atoms with Crippen molar-refractivity contribution >= 4 is 34.6 Å². The van der Waals surface area contributed by atoms with Crippen LogP contribution in [0, 0.1) is 17.0 Å². The van der Waals surface area contributed by atoms with Gasteiger partial charge in [0.1, 0.15) is 5.69 Å². The molecule has 0 aliphatic rings. The van der Waals surface area contributed by atoms with E-state index in [9.17, 15) is 19.7 Å². The Labute approximate surface area is 171 Å². The molecule has 2 aromatic carbocycles. The summed E-state index contributed by atoms with van der Waals surface area (Å²) in [6.07, 6.45) is -1.20. The molecule has 0 aliphatic carbocycles. The molecule has 0 aliphatic heterocycles. The highest BCUT2D eigenvalue weighted by atomic mass is 32.1. The van der Waals surface area contributed by atoms with E-state index >= 15 is 0 Å². The molecule has 29 heavy (non-hydrogen) atoms. The second-order valence-corrected chi connectivity index (χ2v) is 7.14. The van der Waals surface area contributed by atoms with Crippen molar-refractivity contribution in [1.29, 1.82) is 0 Å². The Bertz CT molecular complexity index is 1020. The number of hydrogen-bond donors (Lipinski definition) is 1. The highest BCUT2D eigenvalue weighted by Crippen LogP contribution is 2.28. The van der Waals surface area contributed by atoms with Gasteiger partial charge in [-0.15, -0.1) is 0 Å². The molecule has 1 N–H and O–H groups in total. The van der Waals surface area contributed by atoms with Gasteiger partial charge in [-0.05, 0) is 40.9 Å². The molecule has 1 amide bonds. The van der Waals surface area contributed by atoms with Crippen molar-refractivity contribution in [3.05, 3.63) is 92.2 Å². The molecule has 0 radical (unpaired) electrons.